The Morgan fingerprint density at radius 1 is 1.20 bits per heavy atom. The Morgan fingerprint density at radius 2 is 1.87 bits per heavy atom. The number of hydrogen-bond donors (Lipinski definition) is 1. The lowest BCUT2D eigenvalue weighted by atomic mass is 10.1. The van der Waals surface area contributed by atoms with Crippen molar-refractivity contribution < 1.29 is 9.84 Å². The molecular weight excluding hydrogens is 188 g/mol. The number of unbranched alkanes of at least 4 members (excludes halogenated alkanes) is 1. The van der Waals surface area contributed by atoms with Crippen LogP contribution in [0.3, 0.4) is 0 Å². The zero-order valence-corrected chi connectivity index (χ0v) is 9.57. The molecule has 0 aliphatic carbocycles. The van der Waals surface area contributed by atoms with Crippen LogP contribution in [0.25, 0.3) is 0 Å². The highest BCUT2D eigenvalue weighted by Crippen LogP contribution is 2.19. The van der Waals surface area contributed by atoms with E-state index in [-0.39, 0.29) is 6.10 Å². The number of ether oxygens (including phenoxy) is 1. The molecule has 1 atom stereocenters. The summed E-state index contributed by atoms with van der Waals surface area (Å²) in [5.41, 5.74) is 0.959. The van der Waals surface area contributed by atoms with Gasteiger partial charge in [-0.05, 0) is 30.5 Å². The van der Waals surface area contributed by atoms with Gasteiger partial charge >= 0.3 is 0 Å². The summed E-state index contributed by atoms with van der Waals surface area (Å²) in [4.78, 5) is 0. The SMILES string of the molecule is CCCCOc1ccc(C(O)CC)cc1. The molecule has 0 fully saturated rings. The number of aliphatic hydroxyl groups excluding tert-OH is 1. The third-order valence-electron chi connectivity index (χ3n) is 2.42. The Hall–Kier alpha value is -1.02. The molecule has 1 unspecified atom stereocenters. The Morgan fingerprint density at radius 3 is 2.40 bits per heavy atom. The molecule has 1 aromatic carbocycles. The maximum absolute atomic E-state index is 9.59. The van der Waals surface area contributed by atoms with Crippen molar-refractivity contribution in [3.8, 4) is 5.75 Å². The van der Waals surface area contributed by atoms with Gasteiger partial charge in [-0.25, -0.2) is 0 Å². The van der Waals surface area contributed by atoms with E-state index < -0.39 is 0 Å². The average molecular weight is 208 g/mol. The molecule has 1 aromatic rings. The minimum absolute atomic E-state index is 0.352. The van der Waals surface area contributed by atoms with E-state index in [1.54, 1.807) is 0 Å². The molecule has 1 rings (SSSR count). The predicted molar refractivity (Wildman–Crippen MR) is 62.1 cm³/mol. The number of hydrogen-bond acceptors (Lipinski definition) is 2. The van der Waals surface area contributed by atoms with E-state index in [1.165, 1.54) is 0 Å². The summed E-state index contributed by atoms with van der Waals surface area (Å²) in [5, 5.41) is 9.59. The minimum atomic E-state index is -0.352. The van der Waals surface area contributed by atoms with Gasteiger partial charge in [0.15, 0.2) is 0 Å². The summed E-state index contributed by atoms with van der Waals surface area (Å²) in [6.45, 7) is 4.88. The summed E-state index contributed by atoms with van der Waals surface area (Å²) < 4.78 is 5.53. The van der Waals surface area contributed by atoms with Gasteiger partial charge < -0.3 is 9.84 Å². The zero-order valence-electron chi connectivity index (χ0n) is 9.57. The summed E-state index contributed by atoms with van der Waals surface area (Å²) in [7, 11) is 0. The monoisotopic (exact) mass is 208 g/mol. The third-order valence-corrected chi connectivity index (χ3v) is 2.42. The highest BCUT2D eigenvalue weighted by Gasteiger charge is 2.03. The maximum Gasteiger partial charge on any atom is 0.119 e. The number of rotatable bonds is 6. The fourth-order valence-corrected chi connectivity index (χ4v) is 1.36. The lowest BCUT2D eigenvalue weighted by Crippen LogP contribution is -1.98. The average Bonchev–Trinajstić information content (AvgIpc) is 2.29. The molecule has 2 heteroatoms. The first kappa shape index (κ1) is 12.1. The van der Waals surface area contributed by atoms with Gasteiger partial charge in [0, 0.05) is 0 Å². The van der Waals surface area contributed by atoms with Crippen LogP contribution in [-0.4, -0.2) is 11.7 Å². The van der Waals surface area contributed by atoms with Gasteiger partial charge in [0.1, 0.15) is 5.75 Å². The van der Waals surface area contributed by atoms with Crippen molar-refractivity contribution in [3.63, 3.8) is 0 Å². The van der Waals surface area contributed by atoms with E-state index in [0.29, 0.717) is 0 Å². The molecular formula is C13H20O2. The largest absolute Gasteiger partial charge is 0.494 e. The van der Waals surface area contributed by atoms with Gasteiger partial charge in [-0.2, -0.15) is 0 Å². The van der Waals surface area contributed by atoms with Crippen LogP contribution in [0.4, 0.5) is 0 Å². The van der Waals surface area contributed by atoms with Crippen LogP contribution in [0.1, 0.15) is 44.8 Å². The van der Waals surface area contributed by atoms with E-state index in [1.807, 2.05) is 31.2 Å². The smallest absolute Gasteiger partial charge is 0.119 e. The van der Waals surface area contributed by atoms with Gasteiger partial charge in [-0.15, -0.1) is 0 Å². The highest BCUT2D eigenvalue weighted by atomic mass is 16.5. The fraction of sp³-hybridized carbons (Fsp3) is 0.538. The second-order valence-electron chi connectivity index (χ2n) is 3.70. The Labute approximate surface area is 91.9 Å². The molecule has 0 aliphatic rings. The van der Waals surface area contributed by atoms with Crippen LogP contribution in [0.15, 0.2) is 24.3 Å². The summed E-state index contributed by atoms with van der Waals surface area (Å²) in [5.74, 6) is 0.885. The zero-order chi connectivity index (χ0) is 11.1. The van der Waals surface area contributed by atoms with Crippen molar-refractivity contribution in [3.05, 3.63) is 29.8 Å². The molecule has 0 heterocycles. The quantitative estimate of drug-likeness (QED) is 0.727. The Balaban J connectivity index is 2.49. The molecule has 0 saturated heterocycles. The van der Waals surface area contributed by atoms with E-state index in [9.17, 15) is 5.11 Å². The van der Waals surface area contributed by atoms with Gasteiger partial charge in [0.25, 0.3) is 0 Å². The number of benzene rings is 1. The molecule has 0 amide bonds. The fourth-order valence-electron chi connectivity index (χ4n) is 1.36. The molecule has 1 N–H and O–H groups in total. The first-order valence-electron chi connectivity index (χ1n) is 5.68. The van der Waals surface area contributed by atoms with Crippen LogP contribution >= 0.6 is 0 Å². The van der Waals surface area contributed by atoms with Crippen LogP contribution in [0, 0.1) is 0 Å². The first-order chi connectivity index (χ1) is 7.27. The van der Waals surface area contributed by atoms with Crippen molar-refractivity contribution in [2.24, 2.45) is 0 Å². The van der Waals surface area contributed by atoms with E-state index in [0.717, 1.165) is 37.2 Å². The van der Waals surface area contributed by atoms with Gasteiger partial charge in [-0.3, -0.25) is 0 Å². The van der Waals surface area contributed by atoms with E-state index in [2.05, 4.69) is 6.92 Å². The van der Waals surface area contributed by atoms with Crippen LogP contribution < -0.4 is 4.74 Å². The molecule has 0 bridgehead atoms. The molecule has 84 valence electrons. The summed E-state index contributed by atoms with van der Waals surface area (Å²) in [6.07, 6.45) is 2.62. The molecule has 0 spiro atoms. The minimum Gasteiger partial charge on any atom is -0.494 e. The van der Waals surface area contributed by atoms with Gasteiger partial charge in [-0.1, -0.05) is 32.4 Å². The van der Waals surface area contributed by atoms with Crippen LogP contribution in [0.5, 0.6) is 5.75 Å². The molecule has 15 heavy (non-hydrogen) atoms. The second-order valence-corrected chi connectivity index (χ2v) is 3.70. The summed E-state index contributed by atoms with van der Waals surface area (Å²) in [6, 6.07) is 7.69. The number of aliphatic hydroxyl groups is 1. The van der Waals surface area contributed by atoms with Crippen molar-refractivity contribution in [1.82, 2.24) is 0 Å². The van der Waals surface area contributed by atoms with Gasteiger partial charge in [0.2, 0.25) is 0 Å². The second kappa shape index (κ2) is 6.46. The third kappa shape index (κ3) is 3.92. The molecule has 0 saturated carbocycles. The molecule has 0 radical (unpaired) electrons. The highest BCUT2D eigenvalue weighted by molar-refractivity contribution is 5.28. The van der Waals surface area contributed by atoms with Crippen LogP contribution in [0.2, 0.25) is 0 Å². The lowest BCUT2D eigenvalue weighted by Gasteiger charge is -2.09. The van der Waals surface area contributed by atoms with Crippen LogP contribution in [-0.2, 0) is 0 Å². The van der Waals surface area contributed by atoms with Gasteiger partial charge in [0.05, 0.1) is 12.7 Å². The van der Waals surface area contributed by atoms with Crippen molar-refractivity contribution >= 4 is 0 Å². The predicted octanol–water partition coefficient (Wildman–Crippen LogP) is 3.31. The molecule has 2 nitrogen and oxygen atoms in total. The Bertz CT molecular complexity index is 266. The van der Waals surface area contributed by atoms with E-state index >= 15 is 0 Å². The maximum atomic E-state index is 9.59. The van der Waals surface area contributed by atoms with Crippen molar-refractivity contribution in [1.29, 1.82) is 0 Å². The standard InChI is InChI=1S/C13H20O2/c1-3-5-10-15-12-8-6-11(7-9-12)13(14)4-2/h6-9,13-14H,3-5,10H2,1-2H3. The topological polar surface area (TPSA) is 29.5 Å². The lowest BCUT2D eigenvalue weighted by molar-refractivity contribution is 0.173. The van der Waals surface area contributed by atoms with E-state index in [4.69, 9.17) is 4.74 Å². The Kier molecular flexibility index (Phi) is 5.19. The van der Waals surface area contributed by atoms with Crippen molar-refractivity contribution in [2.75, 3.05) is 6.61 Å². The molecule has 0 aliphatic heterocycles. The van der Waals surface area contributed by atoms with Crippen molar-refractivity contribution in [2.45, 2.75) is 39.2 Å². The normalized spacial score (nSPS) is 12.5. The summed E-state index contributed by atoms with van der Waals surface area (Å²) >= 11 is 0. The first-order valence-corrected chi connectivity index (χ1v) is 5.68. The molecule has 0 aromatic heterocycles.